The Balaban J connectivity index is 0.00000156. The molecule has 3 aliphatic rings. The summed E-state index contributed by atoms with van der Waals surface area (Å²) in [6.45, 7) is -0.226. The van der Waals surface area contributed by atoms with Crippen molar-refractivity contribution >= 4 is 23.0 Å². The number of aliphatic hydroxyl groups is 1. The minimum absolute atomic E-state index is 0. The number of esters is 1. The average molecular weight is 384 g/mol. The van der Waals surface area contributed by atoms with E-state index in [2.05, 4.69) is 11.9 Å². The first-order valence-corrected chi connectivity index (χ1v) is 7.92. The second kappa shape index (κ2) is 6.51. The number of carbonyl (C=O) groups is 1. The van der Waals surface area contributed by atoms with E-state index in [-0.39, 0.29) is 35.7 Å². The summed E-state index contributed by atoms with van der Waals surface area (Å²) in [7, 11) is 2.13. The zero-order valence-corrected chi connectivity index (χ0v) is 14.7. The molecular weight excluding hydrogens is 362 g/mol. The molecule has 4 rings (SSSR count). The minimum Gasteiger partial charge on any atom is -0.462 e. The largest absolute Gasteiger partial charge is 0.462 e. The number of carbonyl (C=O) groups excluding carboxylic acids is 1. The number of halogens is 1. The van der Waals surface area contributed by atoms with Crippen molar-refractivity contribution in [2.45, 2.75) is 49.2 Å². The van der Waals surface area contributed by atoms with Crippen LogP contribution in [-0.2, 0) is 14.3 Å². The monoisotopic (exact) mass is 383 g/mol. The maximum atomic E-state index is 12.4. The number of ether oxygens (including phenoxy) is 2. The van der Waals surface area contributed by atoms with Crippen molar-refractivity contribution in [3.8, 4) is 0 Å². The summed E-state index contributed by atoms with van der Waals surface area (Å²) in [4.78, 5) is 14.8. The summed E-state index contributed by atoms with van der Waals surface area (Å²) < 4.78 is 11.4. The minimum atomic E-state index is -0.593. The molecule has 0 spiro atoms. The van der Waals surface area contributed by atoms with Crippen molar-refractivity contribution < 1.29 is 19.4 Å². The lowest BCUT2D eigenvalue weighted by Crippen LogP contribution is -2.48. The third-order valence-electron chi connectivity index (χ3n) is 5.33. The summed E-state index contributed by atoms with van der Waals surface area (Å²) in [5.41, 5.74) is 0.803. The number of nitrogens with zero attached hydrogens (tertiary/aromatic N) is 1. The summed E-state index contributed by atoms with van der Waals surface area (Å²) in [6, 6.07) is 10.1. The van der Waals surface area contributed by atoms with Gasteiger partial charge in [-0.25, -0.2) is 0 Å². The maximum absolute atomic E-state index is 12.4. The molecule has 1 unspecified atom stereocenters. The van der Waals surface area contributed by atoms with Crippen LogP contribution in [-0.4, -0.2) is 60.0 Å². The summed E-state index contributed by atoms with van der Waals surface area (Å²) >= 11 is 0. The van der Waals surface area contributed by atoms with E-state index in [9.17, 15) is 9.90 Å². The molecule has 0 saturated carbocycles. The Morgan fingerprint density at radius 3 is 2.48 bits per heavy atom. The van der Waals surface area contributed by atoms with Gasteiger partial charge in [0, 0.05) is 24.9 Å². The fourth-order valence-electron chi connectivity index (χ4n) is 4.04. The Hall–Kier alpha value is -0.950. The Morgan fingerprint density at radius 1 is 1.30 bits per heavy atom. The van der Waals surface area contributed by atoms with Crippen LogP contribution in [0.15, 0.2) is 30.3 Å². The Labute approximate surface area is 146 Å². The van der Waals surface area contributed by atoms with E-state index >= 15 is 0 Å². The van der Waals surface area contributed by atoms with E-state index in [0.29, 0.717) is 24.3 Å². The molecule has 1 aromatic rings. The van der Waals surface area contributed by atoms with Crippen molar-refractivity contribution in [1.29, 1.82) is 0 Å². The second-order valence-electron chi connectivity index (χ2n) is 6.54. The number of epoxide rings is 1. The van der Waals surface area contributed by atoms with Crippen LogP contribution in [0.4, 0.5) is 0 Å². The molecule has 3 fully saturated rings. The summed E-state index contributed by atoms with van der Waals surface area (Å²) in [6.07, 6.45) is 2.26. The molecule has 0 aliphatic carbocycles. The highest BCUT2D eigenvalue weighted by Crippen LogP contribution is 2.48. The highest BCUT2D eigenvalue weighted by Gasteiger charge is 2.62. The first-order valence-electron chi connectivity index (χ1n) is 7.92. The van der Waals surface area contributed by atoms with E-state index in [1.807, 2.05) is 30.3 Å². The van der Waals surface area contributed by atoms with Crippen LogP contribution in [0.3, 0.4) is 0 Å². The lowest BCUT2D eigenvalue weighted by molar-refractivity contribution is -0.156. The van der Waals surface area contributed by atoms with Crippen LogP contribution < -0.4 is 0 Å². The fraction of sp³-hybridized carbons (Fsp3) is 0.588. The zero-order chi connectivity index (χ0) is 15.3. The molecule has 0 aromatic heterocycles. The van der Waals surface area contributed by atoms with Gasteiger partial charge < -0.3 is 14.6 Å². The molecule has 2 bridgehead atoms. The van der Waals surface area contributed by atoms with Crippen molar-refractivity contribution in [1.82, 2.24) is 4.90 Å². The van der Waals surface area contributed by atoms with Crippen LogP contribution >= 0.6 is 17.0 Å². The van der Waals surface area contributed by atoms with Crippen molar-refractivity contribution in [3.05, 3.63) is 35.9 Å². The lowest BCUT2D eigenvalue weighted by atomic mass is 9.97. The van der Waals surface area contributed by atoms with Gasteiger partial charge in [-0.2, -0.15) is 0 Å². The molecule has 6 atom stereocenters. The first-order chi connectivity index (χ1) is 10.7. The molecule has 23 heavy (non-hydrogen) atoms. The third kappa shape index (κ3) is 2.93. The van der Waals surface area contributed by atoms with E-state index in [4.69, 9.17) is 9.47 Å². The molecule has 3 heterocycles. The topological polar surface area (TPSA) is 62.3 Å². The standard InChI is InChI=1S/C17H21NO4.BrH/c1-18-13-7-11(8-14(18)16-15(13)22-16)21-17(20)12(9-19)10-5-3-2-4-6-10;/h2-6,11-16,19H,7-9H2,1H3;1H/t11?,12-,13-,14-,15-,16+;/m1./s1. The number of hydrogen-bond donors (Lipinski definition) is 1. The predicted molar refractivity (Wildman–Crippen MR) is 89.7 cm³/mol. The SMILES string of the molecule is Br.CN1[C@@H]2CC(OC(=O)[C@H](CO)c3ccccc3)C[C@@H]1[C@H]1O[C@H]12. The van der Waals surface area contributed by atoms with E-state index in [1.165, 1.54) is 0 Å². The number of piperidine rings is 1. The molecule has 0 radical (unpaired) electrons. The molecule has 0 amide bonds. The van der Waals surface area contributed by atoms with Crippen molar-refractivity contribution in [2.75, 3.05) is 13.7 Å². The Morgan fingerprint density at radius 2 is 1.91 bits per heavy atom. The maximum Gasteiger partial charge on any atom is 0.316 e. The molecule has 5 nitrogen and oxygen atoms in total. The van der Waals surface area contributed by atoms with Crippen LogP contribution in [0.1, 0.15) is 24.3 Å². The first kappa shape index (κ1) is 16.9. The highest BCUT2D eigenvalue weighted by molar-refractivity contribution is 8.93. The molecular formula is C17H22BrNO4. The number of aliphatic hydroxyl groups excluding tert-OH is 1. The van der Waals surface area contributed by atoms with Crippen LogP contribution in [0.25, 0.3) is 0 Å². The van der Waals surface area contributed by atoms with Gasteiger partial charge >= 0.3 is 5.97 Å². The van der Waals surface area contributed by atoms with E-state index in [0.717, 1.165) is 18.4 Å². The van der Waals surface area contributed by atoms with Gasteiger partial charge in [-0.05, 0) is 12.6 Å². The van der Waals surface area contributed by atoms with Crippen molar-refractivity contribution in [3.63, 3.8) is 0 Å². The zero-order valence-electron chi connectivity index (χ0n) is 13.0. The fourth-order valence-corrected chi connectivity index (χ4v) is 4.04. The van der Waals surface area contributed by atoms with Gasteiger partial charge in [0.25, 0.3) is 0 Å². The smallest absolute Gasteiger partial charge is 0.316 e. The van der Waals surface area contributed by atoms with Gasteiger partial charge in [0.05, 0.1) is 6.61 Å². The van der Waals surface area contributed by atoms with Crippen LogP contribution in [0, 0.1) is 0 Å². The Kier molecular flexibility index (Phi) is 4.78. The predicted octanol–water partition coefficient (Wildman–Crippen LogP) is 1.50. The highest BCUT2D eigenvalue weighted by atomic mass is 79.9. The van der Waals surface area contributed by atoms with Crippen LogP contribution in [0.5, 0.6) is 0 Å². The van der Waals surface area contributed by atoms with Gasteiger partial charge in [0.15, 0.2) is 0 Å². The molecule has 3 saturated heterocycles. The van der Waals surface area contributed by atoms with Crippen LogP contribution in [0.2, 0.25) is 0 Å². The molecule has 3 aliphatic heterocycles. The summed E-state index contributed by atoms with van der Waals surface area (Å²) in [5.74, 6) is -0.915. The third-order valence-corrected chi connectivity index (χ3v) is 5.33. The Bertz CT molecular complexity index is 551. The normalized spacial score (nSPS) is 35.8. The van der Waals surface area contributed by atoms with Gasteiger partial charge in [-0.1, -0.05) is 30.3 Å². The molecule has 1 N–H and O–H groups in total. The van der Waals surface area contributed by atoms with Gasteiger partial charge in [0.1, 0.15) is 24.2 Å². The number of likely N-dealkylation sites (N-methyl/N-ethyl adjacent to an activating group) is 1. The van der Waals surface area contributed by atoms with Gasteiger partial charge in [-0.15, -0.1) is 17.0 Å². The lowest BCUT2D eigenvalue weighted by Gasteiger charge is -2.38. The van der Waals surface area contributed by atoms with E-state index in [1.54, 1.807) is 0 Å². The van der Waals surface area contributed by atoms with Gasteiger partial charge in [-0.3, -0.25) is 9.69 Å². The molecule has 6 heteroatoms. The van der Waals surface area contributed by atoms with Gasteiger partial charge in [0.2, 0.25) is 0 Å². The number of hydrogen-bond acceptors (Lipinski definition) is 5. The van der Waals surface area contributed by atoms with E-state index < -0.39 is 5.92 Å². The molecule has 1 aromatic carbocycles. The molecule has 126 valence electrons. The second-order valence-corrected chi connectivity index (χ2v) is 6.54. The summed E-state index contributed by atoms with van der Waals surface area (Å²) in [5, 5.41) is 9.56. The number of morpholine rings is 1. The quantitative estimate of drug-likeness (QED) is 0.630. The van der Waals surface area contributed by atoms with Crippen molar-refractivity contribution in [2.24, 2.45) is 0 Å². The number of rotatable bonds is 4. The number of fused-ring (bicyclic) bond motifs is 5. The number of benzene rings is 1. The average Bonchev–Trinajstić information content (AvgIpc) is 3.27.